The van der Waals surface area contributed by atoms with E-state index in [-0.39, 0.29) is 12.3 Å². The van der Waals surface area contributed by atoms with Crippen molar-refractivity contribution in [3.63, 3.8) is 0 Å². The molecular formula is C15H14F3NO2. The minimum absolute atomic E-state index is 0.121. The van der Waals surface area contributed by atoms with Crippen LogP contribution in [0.15, 0.2) is 42.5 Å². The van der Waals surface area contributed by atoms with Gasteiger partial charge in [0.2, 0.25) is 0 Å². The molecule has 0 aromatic heterocycles. The lowest BCUT2D eigenvalue weighted by atomic mass is 10.1. The summed E-state index contributed by atoms with van der Waals surface area (Å²) in [5.41, 5.74) is 4.83. The first-order valence-corrected chi connectivity index (χ1v) is 6.12. The van der Waals surface area contributed by atoms with Gasteiger partial charge < -0.3 is 15.2 Å². The third-order valence-corrected chi connectivity index (χ3v) is 2.87. The molecule has 0 spiro atoms. The second-order valence-electron chi connectivity index (χ2n) is 4.39. The summed E-state index contributed by atoms with van der Waals surface area (Å²) in [6, 6.07) is 10.5. The van der Waals surface area contributed by atoms with E-state index >= 15 is 0 Å². The van der Waals surface area contributed by atoms with Crippen LogP contribution in [0.3, 0.4) is 0 Å². The molecule has 2 aromatic carbocycles. The second kappa shape index (κ2) is 5.95. The molecule has 0 radical (unpaired) electrons. The first kappa shape index (κ1) is 15.0. The van der Waals surface area contributed by atoms with Crippen LogP contribution in [0.1, 0.15) is 11.1 Å². The summed E-state index contributed by atoms with van der Waals surface area (Å²) in [7, 11) is 1.54. The summed E-state index contributed by atoms with van der Waals surface area (Å²) >= 11 is 0. The summed E-state index contributed by atoms with van der Waals surface area (Å²) < 4.78 is 48.3. The van der Waals surface area contributed by atoms with Crippen LogP contribution in [0.2, 0.25) is 0 Å². The molecule has 2 aromatic rings. The predicted molar refractivity (Wildman–Crippen MR) is 73.2 cm³/mol. The van der Waals surface area contributed by atoms with Crippen LogP contribution in [-0.2, 0) is 12.8 Å². The zero-order valence-electron chi connectivity index (χ0n) is 11.3. The quantitative estimate of drug-likeness (QED) is 0.871. The number of hydrogen-bond acceptors (Lipinski definition) is 3. The van der Waals surface area contributed by atoms with Crippen molar-refractivity contribution < 1.29 is 22.6 Å². The van der Waals surface area contributed by atoms with Gasteiger partial charge in [-0.15, -0.1) is 0 Å². The Bertz CT molecular complexity index is 627. The second-order valence-corrected chi connectivity index (χ2v) is 4.39. The zero-order chi connectivity index (χ0) is 15.5. The lowest BCUT2D eigenvalue weighted by Crippen LogP contribution is -2.09. The van der Waals surface area contributed by atoms with Crippen LogP contribution < -0.4 is 15.2 Å². The van der Waals surface area contributed by atoms with Crippen LogP contribution in [0.4, 0.5) is 18.9 Å². The van der Waals surface area contributed by atoms with Crippen molar-refractivity contribution in [1.29, 1.82) is 0 Å². The molecule has 2 N–H and O–H groups in total. The molecule has 0 saturated heterocycles. The predicted octanol–water partition coefficient (Wildman–Crippen LogP) is 3.88. The summed E-state index contributed by atoms with van der Waals surface area (Å²) in [5, 5.41) is 0. The Hall–Kier alpha value is -2.37. The first-order valence-electron chi connectivity index (χ1n) is 6.12. The molecule has 0 fully saturated rings. The maximum atomic E-state index is 12.6. The molecule has 0 aliphatic rings. The lowest BCUT2D eigenvalue weighted by molar-refractivity contribution is -0.136. The highest BCUT2D eigenvalue weighted by Gasteiger charge is 2.32. The molecular weight excluding hydrogens is 283 g/mol. The smallest absolute Gasteiger partial charge is 0.418 e. The molecule has 0 bridgehead atoms. The van der Waals surface area contributed by atoms with Crippen molar-refractivity contribution in [2.24, 2.45) is 0 Å². The minimum Gasteiger partial charge on any atom is -0.497 e. The van der Waals surface area contributed by atoms with Crippen molar-refractivity contribution in [3.8, 4) is 11.5 Å². The van der Waals surface area contributed by atoms with Crippen molar-refractivity contribution in [2.45, 2.75) is 12.8 Å². The van der Waals surface area contributed by atoms with Crippen molar-refractivity contribution >= 4 is 5.69 Å². The first-order chi connectivity index (χ1) is 9.90. The summed E-state index contributed by atoms with van der Waals surface area (Å²) in [6.45, 7) is 0.121. The van der Waals surface area contributed by atoms with Gasteiger partial charge in [0.1, 0.15) is 18.1 Å². The van der Waals surface area contributed by atoms with E-state index in [0.29, 0.717) is 17.1 Å². The topological polar surface area (TPSA) is 44.5 Å². The normalized spacial score (nSPS) is 11.2. The third kappa shape index (κ3) is 3.81. The standard InChI is InChI=1S/C15H14F3NO2/c1-20-11-3-2-4-12(8-11)21-9-10-5-6-13(14(19)7-10)15(16,17)18/h2-8H,9,19H2,1H3. The monoisotopic (exact) mass is 297 g/mol. The molecule has 3 nitrogen and oxygen atoms in total. The van der Waals surface area contributed by atoms with Gasteiger partial charge in [-0.3, -0.25) is 0 Å². The number of benzene rings is 2. The van der Waals surface area contributed by atoms with Crippen molar-refractivity contribution in [1.82, 2.24) is 0 Å². The number of anilines is 1. The molecule has 2 rings (SSSR count). The Morgan fingerprint density at radius 3 is 2.38 bits per heavy atom. The number of ether oxygens (including phenoxy) is 2. The molecule has 0 saturated carbocycles. The van der Waals surface area contributed by atoms with E-state index in [4.69, 9.17) is 15.2 Å². The van der Waals surface area contributed by atoms with Gasteiger partial charge in [0.25, 0.3) is 0 Å². The Kier molecular flexibility index (Phi) is 4.26. The van der Waals surface area contributed by atoms with Gasteiger partial charge in [-0.05, 0) is 29.8 Å². The number of hydrogen-bond donors (Lipinski definition) is 1. The van der Waals surface area contributed by atoms with Gasteiger partial charge in [-0.1, -0.05) is 12.1 Å². The van der Waals surface area contributed by atoms with E-state index in [1.54, 1.807) is 24.3 Å². The fraction of sp³-hybridized carbons (Fsp3) is 0.200. The third-order valence-electron chi connectivity index (χ3n) is 2.87. The molecule has 6 heteroatoms. The van der Waals surface area contributed by atoms with E-state index in [9.17, 15) is 13.2 Å². The maximum Gasteiger partial charge on any atom is 0.418 e. The lowest BCUT2D eigenvalue weighted by Gasteiger charge is -2.12. The van der Waals surface area contributed by atoms with Crippen LogP contribution in [0.25, 0.3) is 0 Å². The maximum absolute atomic E-state index is 12.6. The molecule has 0 amide bonds. The highest BCUT2D eigenvalue weighted by Crippen LogP contribution is 2.34. The van der Waals surface area contributed by atoms with E-state index in [1.807, 2.05) is 0 Å². The number of rotatable bonds is 4. The number of methoxy groups -OCH3 is 1. The van der Waals surface area contributed by atoms with Gasteiger partial charge >= 0.3 is 6.18 Å². The molecule has 0 atom stereocenters. The van der Waals surface area contributed by atoms with Crippen molar-refractivity contribution in [2.75, 3.05) is 12.8 Å². The summed E-state index contributed by atoms with van der Waals surface area (Å²) in [4.78, 5) is 0. The fourth-order valence-electron chi connectivity index (χ4n) is 1.82. The summed E-state index contributed by atoms with van der Waals surface area (Å²) in [5.74, 6) is 1.20. The number of nitrogens with two attached hydrogens (primary N) is 1. The van der Waals surface area contributed by atoms with E-state index < -0.39 is 11.7 Å². The van der Waals surface area contributed by atoms with Crippen LogP contribution >= 0.6 is 0 Å². The van der Waals surface area contributed by atoms with Gasteiger partial charge in [0.05, 0.1) is 12.7 Å². The van der Waals surface area contributed by atoms with E-state index in [0.717, 1.165) is 6.07 Å². The number of alkyl halides is 3. The van der Waals surface area contributed by atoms with Gasteiger partial charge in [-0.25, -0.2) is 0 Å². The largest absolute Gasteiger partial charge is 0.497 e. The van der Waals surface area contributed by atoms with Gasteiger partial charge in [-0.2, -0.15) is 13.2 Å². The average molecular weight is 297 g/mol. The molecule has 0 aliphatic heterocycles. The average Bonchev–Trinajstić information content (AvgIpc) is 2.44. The minimum atomic E-state index is -4.45. The van der Waals surface area contributed by atoms with Crippen LogP contribution in [0.5, 0.6) is 11.5 Å². The Morgan fingerprint density at radius 1 is 1.05 bits per heavy atom. The van der Waals surface area contributed by atoms with Crippen LogP contribution in [-0.4, -0.2) is 7.11 Å². The Morgan fingerprint density at radius 2 is 1.76 bits per heavy atom. The van der Waals surface area contributed by atoms with Gasteiger partial charge in [0.15, 0.2) is 0 Å². The molecule has 0 aliphatic carbocycles. The Labute approximate surface area is 120 Å². The highest BCUT2D eigenvalue weighted by molar-refractivity contribution is 5.50. The SMILES string of the molecule is COc1cccc(OCc2ccc(C(F)(F)F)c(N)c2)c1. The molecule has 0 unspecified atom stereocenters. The zero-order valence-corrected chi connectivity index (χ0v) is 11.3. The van der Waals surface area contributed by atoms with Crippen LogP contribution in [0, 0.1) is 0 Å². The summed E-state index contributed by atoms with van der Waals surface area (Å²) in [6.07, 6.45) is -4.45. The van der Waals surface area contributed by atoms with Gasteiger partial charge in [0, 0.05) is 11.8 Å². The fourth-order valence-corrected chi connectivity index (χ4v) is 1.82. The highest BCUT2D eigenvalue weighted by atomic mass is 19.4. The molecule has 21 heavy (non-hydrogen) atoms. The molecule has 112 valence electrons. The number of halogens is 3. The van der Waals surface area contributed by atoms with E-state index in [2.05, 4.69) is 0 Å². The Balaban J connectivity index is 2.08. The molecule has 0 heterocycles. The van der Waals surface area contributed by atoms with Crippen molar-refractivity contribution in [3.05, 3.63) is 53.6 Å². The van der Waals surface area contributed by atoms with E-state index in [1.165, 1.54) is 19.2 Å². The number of nitrogen functional groups attached to an aromatic ring is 1.